The van der Waals surface area contributed by atoms with Crippen LogP contribution in [0.25, 0.3) is 0 Å². The summed E-state index contributed by atoms with van der Waals surface area (Å²) in [6.07, 6.45) is 8.65. The molecule has 1 N–H and O–H groups in total. The van der Waals surface area contributed by atoms with Crippen molar-refractivity contribution in [1.29, 1.82) is 0 Å². The largest absolute Gasteiger partial charge is 0.480 e. The lowest BCUT2D eigenvalue weighted by Gasteiger charge is -2.42. The molecule has 1 saturated carbocycles. The number of nitrogens with zero attached hydrogens (tertiary/aromatic N) is 2. The first-order valence-corrected chi connectivity index (χ1v) is 8.35. The van der Waals surface area contributed by atoms with Crippen molar-refractivity contribution < 1.29 is 9.90 Å². The molecule has 5 atom stereocenters. The van der Waals surface area contributed by atoms with Gasteiger partial charge in [-0.15, -0.1) is 0 Å². The van der Waals surface area contributed by atoms with Crippen molar-refractivity contribution in [2.45, 2.75) is 69.1 Å². The van der Waals surface area contributed by atoms with E-state index >= 15 is 0 Å². The van der Waals surface area contributed by atoms with E-state index in [1.165, 1.54) is 38.5 Å². The minimum Gasteiger partial charge on any atom is -0.480 e. The Balaban J connectivity index is 1.54. The standard InChI is InChI=1S/C16H26N2O2/c1-17-11-5-6-12(17)8-13(7-11)18-9-10-3-2-4-14(10)15(18)16(19)20/h10-15H,2-9H2,1H3,(H,19,20). The summed E-state index contributed by atoms with van der Waals surface area (Å²) in [5, 5.41) is 9.71. The molecule has 4 aliphatic rings. The molecule has 4 nitrogen and oxygen atoms in total. The Labute approximate surface area is 121 Å². The highest BCUT2D eigenvalue weighted by atomic mass is 16.4. The second-order valence-corrected chi connectivity index (χ2v) is 7.51. The van der Waals surface area contributed by atoms with E-state index in [0.717, 1.165) is 13.0 Å². The predicted molar refractivity (Wildman–Crippen MR) is 76.6 cm³/mol. The number of carboxylic acid groups (broad SMARTS) is 1. The van der Waals surface area contributed by atoms with Gasteiger partial charge in [0.1, 0.15) is 6.04 Å². The van der Waals surface area contributed by atoms with Gasteiger partial charge in [-0.3, -0.25) is 9.69 Å². The number of piperidine rings is 1. The van der Waals surface area contributed by atoms with Crippen LogP contribution < -0.4 is 0 Å². The van der Waals surface area contributed by atoms with E-state index in [1.54, 1.807) is 0 Å². The summed E-state index contributed by atoms with van der Waals surface area (Å²) in [7, 11) is 2.26. The third-order valence-corrected chi connectivity index (χ3v) is 6.72. The lowest BCUT2D eigenvalue weighted by molar-refractivity contribution is -0.145. The number of hydrogen-bond donors (Lipinski definition) is 1. The molecule has 0 aromatic carbocycles. The number of rotatable bonds is 2. The summed E-state index contributed by atoms with van der Waals surface area (Å²) in [6.45, 7) is 1.05. The third kappa shape index (κ3) is 1.84. The van der Waals surface area contributed by atoms with Gasteiger partial charge in [0.25, 0.3) is 0 Å². The molecule has 112 valence electrons. The number of carbonyl (C=O) groups is 1. The number of hydrogen-bond acceptors (Lipinski definition) is 3. The van der Waals surface area contributed by atoms with Gasteiger partial charge in [-0.25, -0.2) is 0 Å². The van der Waals surface area contributed by atoms with Gasteiger partial charge >= 0.3 is 5.97 Å². The predicted octanol–water partition coefficient (Wildman–Crippen LogP) is 1.80. The highest BCUT2D eigenvalue weighted by Crippen LogP contribution is 2.46. The fraction of sp³-hybridized carbons (Fsp3) is 0.938. The highest BCUT2D eigenvalue weighted by molar-refractivity contribution is 5.74. The zero-order valence-corrected chi connectivity index (χ0v) is 12.4. The molecule has 3 heterocycles. The van der Waals surface area contributed by atoms with Crippen LogP contribution in [0.4, 0.5) is 0 Å². The molecule has 3 saturated heterocycles. The molecule has 0 aromatic rings. The van der Waals surface area contributed by atoms with E-state index in [0.29, 0.717) is 30.0 Å². The number of aliphatic carboxylic acids is 1. The van der Waals surface area contributed by atoms with Crippen molar-refractivity contribution in [3.63, 3.8) is 0 Å². The van der Waals surface area contributed by atoms with Crippen LogP contribution >= 0.6 is 0 Å². The Kier molecular flexibility index (Phi) is 3.08. The first-order valence-electron chi connectivity index (χ1n) is 8.35. The smallest absolute Gasteiger partial charge is 0.321 e. The highest BCUT2D eigenvalue weighted by Gasteiger charge is 2.52. The van der Waals surface area contributed by atoms with Crippen LogP contribution in [0.15, 0.2) is 0 Å². The van der Waals surface area contributed by atoms with Crippen LogP contribution in [-0.2, 0) is 4.79 Å². The molecule has 20 heavy (non-hydrogen) atoms. The van der Waals surface area contributed by atoms with Crippen LogP contribution in [-0.4, -0.2) is 58.6 Å². The van der Waals surface area contributed by atoms with Crippen molar-refractivity contribution >= 4 is 5.97 Å². The average Bonchev–Trinajstić information content (AvgIpc) is 3.01. The first kappa shape index (κ1) is 13.1. The Bertz CT molecular complexity index is 399. The fourth-order valence-electron chi connectivity index (χ4n) is 5.69. The monoisotopic (exact) mass is 278 g/mol. The van der Waals surface area contributed by atoms with Crippen LogP contribution in [0, 0.1) is 11.8 Å². The summed E-state index contributed by atoms with van der Waals surface area (Å²) in [5.74, 6) is 0.531. The minimum atomic E-state index is -0.564. The normalized spacial score (nSPS) is 48.6. The second kappa shape index (κ2) is 4.70. The Morgan fingerprint density at radius 2 is 1.75 bits per heavy atom. The van der Waals surface area contributed by atoms with E-state index in [2.05, 4.69) is 16.8 Å². The summed E-state index contributed by atoms with van der Waals surface area (Å²) in [4.78, 5) is 16.7. The topological polar surface area (TPSA) is 43.8 Å². The van der Waals surface area contributed by atoms with E-state index in [4.69, 9.17) is 0 Å². The second-order valence-electron chi connectivity index (χ2n) is 7.51. The van der Waals surface area contributed by atoms with E-state index in [-0.39, 0.29) is 6.04 Å². The molecule has 0 amide bonds. The lowest BCUT2D eigenvalue weighted by Crippen LogP contribution is -2.52. The Morgan fingerprint density at radius 1 is 1.05 bits per heavy atom. The van der Waals surface area contributed by atoms with Gasteiger partial charge in [0.15, 0.2) is 0 Å². The summed E-state index contributed by atoms with van der Waals surface area (Å²) in [6, 6.07) is 1.74. The molecule has 2 bridgehead atoms. The van der Waals surface area contributed by atoms with Gasteiger partial charge in [0.2, 0.25) is 0 Å². The molecular formula is C16H26N2O2. The van der Waals surface area contributed by atoms with Gasteiger partial charge < -0.3 is 10.0 Å². The van der Waals surface area contributed by atoms with E-state index in [1.807, 2.05) is 0 Å². The van der Waals surface area contributed by atoms with Crippen LogP contribution in [0.1, 0.15) is 44.9 Å². The molecule has 4 fully saturated rings. The molecular weight excluding hydrogens is 252 g/mol. The van der Waals surface area contributed by atoms with Crippen molar-refractivity contribution in [2.75, 3.05) is 13.6 Å². The first-order chi connectivity index (χ1) is 9.65. The summed E-state index contributed by atoms with van der Waals surface area (Å²) >= 11 is 0. The molecule has 0 aromatic heterocycles. The molecule has 5 unspecified atom stereocenters. The average molecular weight is 278 g/mol. The maximum absolute atomic E-state index is 11.8. The van der Waals surface area contributed by atoms with Crippen LogP contribution in [0.5, 0.6) is 0 Å². The maximum atomic E-state index is 11.8. The van der Waals surface area contributed by atoms with E-state index in [9.17, 15) is 9.90 Å². The van der Waals surface area contributed by atoms with Gasteiger partial charge in [0, 0.05) is 24.7 Å². The quantitative estimate of drug-likeness (QED) is 0.836. The van der Waals surface area contributed by atoms with Crippen molar-refractivity contribution in [3.05, 3.63) is 0 Å². The maximum Gasteiger partial charge on any atom is 0.321 e. The molecule has 0 spiro atoms. The summed E-state index contributed by atoms with van der Waals surface area (Å²) in [5.41, 5.74) is 0. The third-order valence-electron chi connectivity index (χ3n) is 6.72. The van der Waals surface area contributed by atoms with E-state index < -0.39 is 5.97 Å². The van der Waals surface area contributed by atoms with Gasteiger partial charge in [-0.2, -0.15) is 0 Å². The number of carboxylic acids is 1. The van der Waals surface area contributed by atoms with Gasteiger partial charge in [-0.1, -0.05) is 6.42 Å². The molecule has 4 heteroatoms. The lowest BCUT2D eigenvalue weighted by atomic mass is 9.92. The number of likely N-dealkylation sites (tertiary alicyclic amines) is 1. The molecule has 3 aliphatic heterocycles. The van der Waals surface area contributed by atoms with Crippen molar-refractivity contribution in [2.24, 2.45) is 11.8 Å². The zero-order chi connectivity index (χ0) is 13.9. The Hall–Kier alpha value is -0.610. The van der Waals surface area contributed by atoms with Crippen molar-refractivity contribution in [1.82, 2.24) is 9.80 Å². The number of fused-ring (bicyclic) bond motifs is 3. The molecule has 1 aliphatic carbocycles. The minimum absolute atomic E-state index is 0.185. The fourth-order valence-corrected chi connectivity index (χ4v) is 5.69. The van der Waals surface area contributed by atoms with Gasteiger partial charge in [0.05, 0.1) is 0 Å². The van der Waals surface area contributed by atoms with Crippen molar-refractivity contribution in [3.8, 4) is 0 Å². The zero-order valence-electron chi connectivity index (χ0n) is 12.4. The summed E-state index contributed by atoms with van der Waals surface area (Å²) < 4.78 is 0. The molecule has 4 rings (SSSR count). The van der Waals surface area contributed by atoms with Crippen LogP contribution in [0.3, 0.4) is 0 Å². The van der Waals surface area contributed by atoms with Gasteiger partial charge in [-0.05, 0) is 57.4 Å². The Morgan fingerprint density at radius 3 is 2.40 bits per heavy atom. The van der Waals surface area contributed by atoms with Crippen LogP contribution in [0.2, 0.25) is 0 Å². The molecule has 0 radical (unpaired) electrons. The SMILES string of the molecule is CN1C2CCC1CC(N1CC3CCCC3C1C(=O)O)C2.